The predicted octanol–water partition coefficient (Wildman–Crippen LogP) is 7.94. The summed E-state index contributed by atoms with van der Waals surface area (Å²) in [7, 11) is 0. The van der Waals surface area contributed by atoms with Crippen LogP contribution in [-0.2, 0) is 6.42 Å². The van der Waals surface area contributed by atoms with E-state index in [4.69, 9.17) is 4.98 Å². The lowest BCUT2D eigenvalue weighted by atomic mass is 9.70. The van der Waals surface area contributed by atoms with Gasteiger partial charge in [0.2, 0.25) is 0 Å². The number of fused-ring (bicyclic) bond motifs is 3. The second-order valence-electron chi connectivity index (χ2n) is 12.0. The average molecular weight is 555 g/mol. The van der Waals surface area contributed by atoms with Crippen molar-refractivity contribution < 1.29 is 0 Å². The van der Waals surface area contributed by atoms with Gasteiger partial charge >= 0.3 is 0 Å². The summed E-state index contributed by atoms with van der Waals surface area (Å²) < 4.78 is 0. The molecule has 0 saturated heterocycles. The molecular formula is C41H34N2. The molecule has 3 atom stereocenters. The number of nitrogens with zero attached hydrogens (tertiary/aromatic N) is 2. The molecule has 3 aliphatic carbocycles. The van der Waals surface area contributed by atoms with Crippen molar-refractivity contribution in [3.8, 4) is 11.3 Å². The minimum Gasteiger partial charge on any atom is -0.266 e. The van der Waals surface area contributed by atoms with Crippen LogP contribution in [0.3, 0.4) is 0 Å². The lowest BCUT2D eigenvalue weighted by Gasteiger charge is -2.33. The van der Waals surface area contributed by atoms with Crippen LogP contribution in [0.15, 0.2) is 133 Å². The molecule has 0 radical (unpaired) electrons. The molecule has 2 nitrogen and oxygen atoms in total. The fourth-order valence-corrected chi connectivity index (χ4v) is 7.36. The zero-order valence-corrected chi connectivity index (χ0v) is 24.4. The highest BCUT2D eigenvalue weighted by Crippen LogP contribution is 2.41. The van der Waals surface area contributed by atoms with Crippen LogP contribution in [0.25, 0.3) is 28.5 Å². The Bertz CT molecular complexity index is 2020. The third kappa shape index (κ3) is 4.58. The van der Waals surface area contributed by atoms with Crippen molar-refractivity contribution in [3.05, 3.63) is 166 Å². The van der Waals surface area contributed by atoms with Gasteiger partial charge in [-0.25, -0.2) is 0 Å². The van der Waals surface area contributed by atoms with Crippen LogP contribution in [0.1, 0.15) is 53.6 Å². The highest BCUT2D eigenvalue weighted by Gasteiger charge is 2.32. The minimum absolute atomic E-state index is 0.249. The maximum absolute atomic E-state index is 5.09. The molecule has 4 aliphatic rings. The van der Waals surface area contributed by atoms with Gasteiger partial charge in [-0.2, -0.15) is 0 Å². The molecule has 1 aromatic heterocycles. The third-order valence-electron chi connectivity index (χ3n) is 9.52. The Kier molecular flexibility index (Phi) is 6.48. The second-order valence-corrected chi connectivity index (χ2v) is 12.0. The number of aliphatic imine (C=N–C) groups is 1. The molecular weight excluding hydrogens is 520 g/mol. The fourth-order valence-electron chi connectivity index (χ4n) is 7.36. The van der Waals surface area contributed by atoms with Crippen LogP contribution in [0, 0.1) is 11.8 Å². The minimum atomic E-state index is 0.249. The summed E-state index contributed by atoms with van der Waals surface area (Å²) in [6.07, 6.45) is 21.1. The number of hydrogen-bond acceptors (Lipinski definition) is 2. The summed E-state index contributed by atoms with van der Waals surface area (Å²) in [6.45, 7) is 2.10. The summed E-state index contributed by atoms with van der Waals surface area (Å²) in [5, 5.41) is 2.69. The molecule has 1 aliphatic heterocycles. The molecule has 2 heteroatoms. The topological polar surface area (TPSA) is 25.2 Å². The SMILES string of the molecule is CC1=NC=CCC1c1cccc(-c2ccc(C3=c4ccccc4=C(c4ccc5c(c4)CCC=C5)C4C=CC=CC34)cc2)n1. The molecule has 8 rings (SSSR count). The van der Waals surface area contributed by atoms with Gasteiger partial charge in [-0.15, -0.1) is 0 Å². The van der Waals surface area contributed by atoms with Crippen molar-refractivity contribution in [2.75, 3.05) is 0 Å². The molecule has 3 aromatic carbocycles. The number of pyridine rings is 1. The first-order chi connectivity index (χ1) is 21.2. The molecule has 0 N–H and O–H groups in total. The van der Waals surface area contributed by atoms with E-state index in [9.17, 15) is 0 Å². The number of aryl methyl sites for hydroxylation is 1. The predicted molar refractivity (Wildman–Crippen MR) is 179 cm³/mol. The molecule has 43 heavy (non-hydrogen) atoms. The molecule has 0 bridgehead atoms. The standard InChI is InChI=1S/C41H34N2/c1-27-33(16-9-25-42-27)39-18-8-17-38(43-39)29-20-22-30(23-21-29)40-34-12-4-6-14-36(34)41(37-15-7-5-13-35(37)40)32-24-19-28-10-2-3-11-31(28)26-32/h2,4-10,12-15,17-26,33-34,36H,3,11,16H2,1H3. The summed E-state index contributed by atoms with van der Waals surface area (Å²) in [5.74, 6) is 0.818. The number of rotatable bonds is 4. The van der Waals surface area contributed by atoms with E-state index in [-0.39, 0.29) is 11.8 Å². The van der Waals surface area contributed by atoms with Gasteiger partial charge in [-0.3, -0.25) is 9.98 Å². The van der Waals surface area contributed by atoms with Crippen LogP contribution >= 0.6 is 0 Å². The summed E-state index contributed by atoms with van der Waals surface area (Å²) in [4.78, 5) is 9.61. The van der Waals surface area contributed by atoms with Crippen LogP contribution < -0.4 is 10.4 Å². The average Bonchev–Trinajstić information content (AvgIpc) is 3.07. The lowest BCUT2D eigenvalue weighted by Crippen LogP contribution is -2.40. The van der Waals surface area contributed by atoms with Crippen LogP contribution in [-0.4, -0.2) is 10.7 Å². The van der Waals surface area contributed by atoms with Crippen molar-refractivity contribution in [1.29, 1.82) is 0 Å². The maximum Gasteiger partial charge on any atom is 0.0705 e. The first-order valence-corrected chi connectivity index (χ1v) is 15.5. The normalized spacial score (nSPS) is 21.7. The lowest BCUT2D eigenvalue weighted by molar-refractivity contribution is 0.686. The monoisotopic (exact) mass is 554 g/mol. The maximum atomic E-state index is 5.09. The van der Waals surface area contributed by atoms with Gasteiger partial charge in [-0.1, -0.05) is 115 Å². The van der Waals surface area contributed by atoms with Gasteiger partial charge in [0, 0.05) is 35.2 Å². The fraction of sp³-hybridized carbons (Fsp3) is 0.171. The molecule has 0 fully saturated rings. The Labute approximate surface area is 253 Å². The van der Waals surface area contributed by atoms with E-state index in [0.29, 0.717) is 5.92 Å². The van der Waals surface area contributed by atoms with Crippen molar-refractivity contribution >= 4 is 22.9 Å². The Balaban J connectivity index is 1.24. The number of aromatic nitrogens is 1. The van der Waals surface area contributed by atoms with Gasteiger partial charge in [0.05, 0.1) is 11.4 Å². The van der Waals surface area contributed by atoms with Gasteiger partial charge in [0.1, 0.15) is 0 Å². The van der Waals surface area contributed by atoms with Crippen molar-refractivity contribution in [2.45, 2.75) is 32.1 Å². The Morgan fingerprint density at radius 1 is 0.698 bits per heavy atom. The quantitative estimate of drug-likeness (QED) is 0.251. The van der Waals surface area contributed by atoms with E-state index in [1.807, 2.05) is 6.20 Å². The number of hydrogen-bond donors (Lipinski definition) is 0. The van der Waals surface area contributed by atoms with Crippen LogP contribution in [0.4, 0.5) is 0 Å². The van der Waals surface area contributed by atoms with E-state index in [1.54, 1.807) is 0 Å². The Hall–Kier alpha value is -4.82. The highest BCUT2D eigenvalue weighted by molar-refractivity contribution is 5.90. The molecule has 0 spiro atoms. The van der Waals surface area contributed by atoms with Gasteiger partial charge < -0.3 is 0 Å². The van der Waals surface area contributed by atoms with E-state index >= 15 is 0 Å². The smallest absolute Gasteiger partial charge is 0.0705 e. The Morgan fingerprint density at radius 2 is 1.42 bits per heavy atom. The highest BCUT2D eigenvalue weighted by atomic mass is 14.8. The zero-order chi connectivity index (χ0) is 28.8. The van der Waals surface area contributed by atoms with Gasteiger partial charge in [0.15, 0.2) is 0 Å². The molecule has 3 unspecified atom stereocenters. The van der Waals surface area contributed by atoms with Crippen molar-refractivity contribution in [2.24, 2.45) is 16.8 Å². The first kappa shape index (κ1) is 25.9. The van der Waals surface area contributed by atoms with Gasteiger partial charge in [-0.05, 0) is 82.2 Å². The van der Waals surface area contributed by atoms with E-state index in [1.165, 1.54) is 43.8 Å². The molecule has 208 valence electrons. The van der Waals surface area contributed by atoms with Crippen LogP contribution in [0.2, 0.25) is 0 Å². The largest absolute Gasteiger partial charge is 0.266 e. The van der Waals surface area contributed by atoms with Crippen LogP contribution in [0.5, 0.6) is 0 Å². The van der Waals surface area contributed by atoms with Crippen molar-refractivity contribution in [1.82, 2.24) is 4.98 Å². The summed E-state index contributed by atoms with van der Waals surface area (Å²) in [5.41, 5.74) is 12.7. The number of allylic oxidation sites excluding steroid dienone is 6. The number of benzene rings is 3. The van der Waals surface area contributed by atoms with E-state index < -0.39 is 0 Å². The van der Waals surface area contributed by atoms with Gasteiger partial charge in [0.25, 0.3) is 0 Å². The molecule has 0 saturated carbocycles. The van der Waals surface area contributed by atoms with E-state index in [0.717, 1.165) is 41.9 Å². The third-order valence-corrected chi connectivity index (χ3v) is 9.52. The molecule has 4 aromatic rings. The zero-order valence-electron chi connectivity index (χ0n) is 24.4. The first-order valence-electron chi connectivity index (χ1n) is 15.5. The molecule has 2 heterocycles. The van der Waals surface area contributed by atoms with E-state index in [2.05, 4.69) is 139 Å². The summed E-state index contributed by atoms with van der Waals surface area (Å²) in [6, 6.07) is 31.6. The Morgan fingerprint density at radius 3 is 2.19 bits per heavy atom. The summed E-state index contributed by atoms with van der Waals surface area (Å²) >= 11 is 0. The van der Waals surface area contributed by atoms with Crippen molar-refractivity contribution in [3.63, 3.8) is 0 Å². The molecule has 0 amide bonds. The second kappa shape index (κ2) is 10.8.